The van der Waals surface area contributed by atoms with Gasteiger partial charge in [0.1, 0.15) is 0 Å². The zero-order chi connectivity index (χ0) is 36.2. The van der Waals surface area contributed by atoms with Crippen molar-refractivity contribution in [2.75, 3.05) is 28.4 Å². The number of ether oxygens (including phenoxy) is 4. The Kier molecular flexibility index (Phi) is 49.9. The van der Waals surface area contributed by atoms with Gasteiger partial charge in [-0.2, -0.15) is 0 Å². The fraction of sp³-hybridized carbons (Fsp3) is 0.658. The van der Waals surface area contributed by atoms with Crippen LogP contribution in [0.2, 0.25) is 0 Å². The van der Waals surface area contributed by atoms with Crippen LogP contribution in [0.3, 0.4) is 0 Å². The van der Waals surface area contributed by atoms with Crippen molar-refractivity contribution in [2.24, 2.45) is 0 Å². The molecule has 2 rings (SSSR count). The predicted molar refractivity (Wildman–Crippen MR) is 191 cm³/mol. The standard InChI is InChI=1S/3C7H16O.2C6H4O2.C5H11O.Y/c3*1-4-6-7(5-2)8-3;2*7-5-1-2-6(8)4-3-5;1-4-5(2)6-3;/h3*7H,4-6H2,1-3H3;2*1-4H;5H,2,4H2,1,3H3;/q;;;;;-1;. The van der Waals surface area contributed by atoms with E-state index in [9.17, 15) is 19.2 Å². The molecule has 2 aliphatic carbocycles. The normalized spacial score (nSPS) is 14.9. The van der Waals surface area contributed by atoms with Crippen LogP contribution >= 0.6 is 0 Å². The van der Waals surface area contributed by atoms with E-state index in [1.807, 2.05) is 6.92 Å². The van der Waals surface area contributed by atoms with Gasteiger partial charge in [-0.1, -0.05) is 80.3 Å². The minimum absolute atomic E-state index is 0. The molecule has 2 aliphatic rings. The first-order valence-electron chi connectivity index (χ1n) is 16.8. The van der Waals surface area contributed by atoms with E-state index >= 15 is 0 Å². The van der Waals surface area contributed by atoms with Crippen molar-refractivity contribution >= 4 is 23.1 Å². The van der Waals surface area contributed by atoms with E-state index in [0.717, 1.165) is 25.7 Å². The molecule has 8 nitrogen and oxygen atoms in total. The van der Waals surface area contributed by atoms with Crippen LogP contribution in [0.4, 0.5) is 0 Å². The third kappa shape index (κ3) is 42.6. The van der Waals surface area contributed by atoms with Crippen LogP contribution < -0.4 is 0 Å². The van der Waals surface area contributed by atoms with Gasteiger partial charge in [0.2, 0.25) is 0 Å². The van der Waals surface area contributed by atoms with E-state index in [0.29, 0.717) is 18.3 Å². The average molecular weight is 741 g/mol. The molecule has 0 N–H and O–H groups in total. The molecule has 0 bridgehead atoms. The molecule has 1 radical (unpaired) electrons. The zero-order valence-corrected chi connectivity index (χ0v) is 34.4. The minimum Gasteiger partial charge on any atom is -0.413 e. The van der Waals surface area contributed by atoms with Gasteiger partial charge in [0.15, 0.2) is 23.1 Å². The molecule has 0 saturated heterocycles. The first-order valence-corrected chi connectivity index (χ1v) is 16.8. The average Bonchev–Trinajstić information content (AvgIpc) is 3.08. The number of hydrogen-bond donors (Lipinski definition) is 0. The van der Waals surface area contributed by atoms with Crippen molar-refractivity contribution in [3.63, 3.8) is 0 Å². The second-order valence-electron chi connectivity index (χ2n) is 10.4. The third-order valence-electron chi connectivity index (χ3n) is 6.63. The SMILES string of the molecule is CCCC(CC)OC.CCCC(CC)OC.CCCC(CC)OC.O=C1C=CC(=O)C=C1.O=C1C=CC(=O)C=C1.[CH2-]C(CC)OC.[Y]. The van der Waals surface area contributed by atoms with Crippen LogP contribution in [-0.2, 0) is 70.8 Å². The van der Waals surface area contributed by atoms with Crippen LogP contribution in [0.5, 0.6) is 0 Å². The van der Waals surface area contributed by atoms with E-state index in [-0.39, 0.29) is 61.9 Å². The van der Waals surface area contributed by atoms with Crippen molar-refractivity contribution in [2.45, 2.75) is 137 Å². The van der Waals surface area contributed by atoms with Crippen molar-refractivity contribution in [3.05, 3.63) is 55.5 Å². The summed E-state index contributed by atoms with van der Waals surface area (Å²) in [5, 5.41) is 0. The third-order valence-corrected chi connectivity index (χ3v) is 6.63. The van der Waals surface area contributed by atoms with E-state index in [2.05, 4.69) is 48.5 Å². The molecule has 0 aliphatic heterocycles. The van der Waals surface area contributed by atoms with Crippen LogP contribution in [0.15, 0.2) is 48.6 Å². The fourth-order valence-electron chi connectivity index (χ4n) is 3.48. The Hall–Kier alpha value is -1.42. The first-order chi connectivity index (χ1) is 21.9. The summed E-state index contributed by atoms with van der Waals surface area (Å²) in [6, 6.07) is 0. The Balaban J connectivity index is -0.000000150. The number of carbonyl (C=O) groups is 4. The van der Waals surface area contributed by atoms with Crippen LogP contribution in [0.25, 0.3) is 0 Å². The van der Waals surface area contributed by atoms with Crippen LogP contribution in [0, 0.1) is 6.92 Å². The molecule has 0 spiro atoms. The van der Waals surface area contributed by atoms with Crippen molar-refractivity contribution in [1.29, 1.82) is 0 Å². The Morgan fingerprint density at radius 1 is 0.447 bits per heavy atom. The summed E-state index contributed by atoms with van der Waals surface area (Å²) in [7, 11) is 7.01. The predicted octanol–water partition coefficient (Wildman–Crippen LogP) is 8.38. The summed E-state index contributed by atoms with van der Waals surface area (Å²) in [6.07, 6.45) is 23.4. The summed E-state index contributed by atoms with van der Waals surface area (Å²) >= 11 is 0. The summed E-state index contributed by atoms with van der Waals surface area (Å²) in [5.74, 6) is -0.483. The molecule has 4 atom stereocenters. The van der Waals surface area contributed by atoms with E-state index in [4.69, 9.17) is 18.9 Å². The largest absolute Gasteiger partial charge is 0.413 e. The smallest absolute Gasteiger partial charge is 0.178 e. The topological polar surface area (TPSA) is 105 Å². The molecule has 0 fully saturated rings. The van der Waals surface area contributed by atoms with E-state index in [1.165, 1.54) is 87.1 Å². The quantitative estimate of drug-likeness (QED) is 0.129. The van der Waals surface area contributed by atoms with Gasteiger partial charge in [0.05, 0.1) is 18.3 Å². The molecular weight excluding hydrogens is 673 g/mol. The van der Waals surface area contributed by atoms with E-state index in [1.54, 1.807) is 28.4 Å². The van der Waals surface area contributed by atoms with Crippen molar-refractivity contribution in [1.82, 2.24) is 0 Å². The number of carbonyl (C=O) groups excluding carboxylic acids is 4. The summed E-state index contributed by atoms with van der Waals surface area (Å²) in [4.78, 5) is 41.1. The zero-order valence-electron chi connectivity index (χ0n) is 31.5. The Morgan fingerprint density at radius 2 is 0.660 bits per heavy atom. The van der Waals surface area contributed by atoms with Gasteiger partial charge in [-0.3, -0.25) is 19.2 Å². The van der Waals surface area contributed by atoms with Gasteiger partial charge < -0.3 is 25.9 Å². The van der Waals surface area contributed by atoms with Crippen LogP contribution in [0.1, 0.15) is 113 Å². The maximum absolute atomic E-state index is 10.3. The summed E-state index contributed by atoms with van der Waals surface area (Å²) in [6.45, 7) is 18.7. The molecule has 47 heavy (non-hydrogen) atoms. The first kappa shape index (κ1) is 55.0. The van der Waals surface area contributed by atoms with Gasteiger partial charge in [-0.25, -0.2) is 0 Å². The fourth-order valence-corrected chi connectivity index (χ4v) is 3.48. The van der Waals surface area contributed by atoms with Crippen LogP contribution in [-0.4, -0.2) is 76.0 Å². The molecule has 0 aromatic rings. The summed E-state index contributed by atoms with van der Waals surface area (Å²) in [5.41, 5.74) is 0. The Bertz CT molecular complexity index is 694. The number of ketones is 4. The molecule has 0 aromatic heterocycles. The molecular formula is C38H67O8Y-. The second kappa shape index (κ2) is 42.6. The molecule has 0 amide bonds. The van der Waals surface area contributed by atoms with Crippen molar-refractivity contribution in [3.8, 4) is 0 Å². The van der Waals surface area contributed by atoms with Gasteiger partial charge >= 0.3 is 0 Å². The monoisotopic (exact) mass is 740 g/mol. The van der Waals surface area contributed by atoms with Crippen molar-refractivity contribution < 1.29 is 70.8 Å². The Morgan fingerprint density at radius 3 is 0.723 bits per heavy atom. The molecule has 4 unspecified atom stereocenters. The van der Waals surface area contributed by atoms with Gasteiger partial charge in [-0.05, 0) is 87.1 Å². The maximum atomic E-state index is 10.3. The molecule has 9 heteroatoms. The number of rotatable bonds is 14. The minimum atomic E-state index is -0.121. The molecule has 0 saturated carbocycles. The van der Waals surface area contributed by atoms with Gasteiger partial charge in [0, 0.05) is 61.1 Å². The number of allylic oxidation sites excluding steroid dienone is 8. The second-order valence-corrected chi connectivity index (χ2v) is 10.4. The molecule has 271 valence electrons. The Labute approximate surface area is 313 Å². The molecule has 0 aromatic carbocycles. The summed E-state index contributed by atoms with van der Waals surface area (Å²) < 4.78 is 20.2. The van der Waals surface area contributed by atoms with Gasteiger partial charge in [-0.15, -0.1) is 0 Å². The van der Waals surface area contributed by atoms with Gasteiger partial charge in [0.25, 0.3) is 0 Å². The molecule has 0 heterocycles. The maximum Gasteiger partial charge on any atom is 0.178 e. The number of hydrogen-bond acceptors (Lipinski definition) is 8. The number of methoxy groups -OCH3 is 4. The van der Waals surface area contributed by atoms with E-state index < -0.39 is 0 Å².